The summed E-state index contributed by atoms with van der Waals surface area (Å²) in [6, 6.07) is 4.07. The molecule has 1 aromatic heterocycles. The summed E-state index contributed by atoms with van der Waals surface area (Å²) in [5.41, 5.74) is 0.0702. The number of fused-ring (bicyclic) bond motifs is 1. The molecule has 0 fully saturated rings. The molecule has 23 heavy (non-hydrogen) atoms. The number of amides is 3. The molecule has 8 nitrogen and oxygen atoms in total. The number of hydrogen-bond acceptors (Lipinski definition) is 5. The first-order valence-electron chi connectivity index (χ1n) is 6.72. The summed E-state index contributed by atoms with van der Waals surface area (Å²) in [5.74, 6) is -0.634. The van der Waals surface area contributed by atoms with Gasteiger partial charge in [0.25, 0.3) is 5.56 Å². The summed E-state index contributed by atoms with van der Waals surface area (Å²) in [4.78, 5) is 39.6. The van der Waals surface area contributed by atoms with E-state index in [1.807, 2.05) is 0 Å². The molecule has 0 unspecified atom stereocenters. The van der Waals surface area contributed by atoms with Gasteiger partial charge in [-0.05, 0) is 18.2 Å². The van der Waals surface area contributed by atoms with Crippen LogP contribution in [0.25, 0.3) is 10.9 Å². The Bertz CT molecular complexity index is 790. The lowest BCUT2D eigenvalue weighted by atomic mass is 10.2. The number of carbonyl (C=O) groups is 2. The fourth-order valence-corrected chi connectivity index (χ4v) is 2.05. The van der Waals surface area contributed by atoms with Crippen molar-refractivity contribution in [3.63, 3.8) is 0 Å². The number of imide groups is 1. The minimum atomic E-state index is -0.656. The van der Waals surface area contributed by atoms with Gasteiger partial charge in [0.1, 0.15) is 6.54 Å². The van der Waals surface area contributed by atoms with E-state index in [-0.39, 0.29) is 13.1 Å². The number of nitrogens with zero attached hydrogens (tertiary/aromatic N) is 2. The molecular weight excluding hydrogens is 324 g/mol. The lowest BCUT2D eigenvalue weighted by molar-refractivity contribution is -0.120. The highest BCUT2D eigenvalue weighted by atomic mass is 35.5. The number of methoxy groups -OCH3 is 1. The van der Waals surface area contributed by atoms with Crippen LogP contribution in [0.3, 0.4) is 0 Å². The largest absolute Gasteiger partial charge is 0.383 e. The van der Waals surface area contributed by atoms with Gasteiger partial charge >= 0.3 is 6.03 Å². The number of rotatable bonds is 5. The Morgan fingerprint density at radius 3 is 2.91 bits per heavy atom. The van der Waals surface area contributed by atoms with Gasteiger partial charge in [0.2, 0.25) is 5.91 Å². The Labute approximate surface area is 136 Å². The van der Waals surface area contributed by atoms with Crippen LogP contribution < -0.4 is 16.2 Å². The number of ether oxygens (including phenoxy) is 1. The van der Waals surface area contributed by atoms with Crippen molar-refractivity contribution in [2.75, 3.05) is 20.3 Å². The summed E-state index contributed by atoms with van der Waals surface area (Å²) in [7, 11) is 1.50. The number of aromatic nitrogens is 2. The van der Waals surface area contributed by atoms with Crippen LogP contribution in [-0.4, -0.2) is 41.8 Å². The second-order valence-corrected chi connectivity index (χ2v) is 5.07. The van der Waals surface area contributed by atoms with Crippen molar-refractivity contribution in [3.8, 4) is 0 Å². The summed E-state index contributed by atoms with van der Waals surface area (Å²) < 4.78 is 5.87. The van der Waals surface area contributed by atoms with Crippen molar-refractivity contribution in [1.82, 2.24) is 20.2 Å². The summed E-state index contributed by atoms with van der Waals surface area (Å²) in [6.45, 7) is 0.272. The number of carbonyl (C=O) groups excluding carboxylic acids is 2. The van der Waals surface area contributed by atoms with Crippen molar-refractivity contribution in [3.05, 3.63) is 39.9 Å². The fourth-order valence-electron chi connectivity index (χ4n) is 1.88. The van der Waals surface area contributed by atoms with Gasteiger partial charge in [0.05, 0.1) is 23.8 Å². The maximum atomic E-state index is 12.3. The quantitative estimate of drug-likeness (QED) is 0.774. The van der Waals surface area contributed by atoms with Gasteiger partial charge < -0.3 is 10.1 Å². The van der Waals surface area contributed by atoms with Gasteiger partial charge in [-0.3, -0.25) is 19.5 Å². The molecule has 0 spiro atoms. The van der Waals surface area contributed by atoms with E-state index in [1.54, 1.807) is 12.1 Å². The number of benzene rings is 1. The number of urea groups is 1. The molecule has 2 N–H and O–H groups in total. The molecule has 1 aromatic carbocycles. The Balaban J connectivity index is 2.06. The average Bonchev–Trinajstić information content (AvgIpc) is 2.51. The summed E-state index contributed by atoms with van der Waals surface area (Å²) in [6.07, 6.45) is 1.25. The zero-order chi connectivity index (χ0) is 16.8. The lowest BCUT2D eigenvalue weighted by Crippen LogP contribution is -2.43. The van der Waals surface area contributed by atoms with Crippen LogP contribution in [0.4, 0.5) is 4.79 Å². The third-order valence-corrected chi connectivity index (χ3v) is 3.18. The maximum Gasteiger partial charge on any atom is 0.321 e. The molecule has 0 saturated heterocycles. The first-order valence-corrected chi connectivity index (χ1v) is 7.10. The number of halogens is 1. The highest BCUT2D eigenvalue weighted by molar-refractivity contribution is 6.31. The number of nitrogens with one attached hydrogen (secondary N) is 2. The molecule has 1 heterocycles. The minimum Gasteiger partial charge on any atom is -0.383 e. The predicted molar refractivity (Wildman–Crippen MR) is 84.4 cm³/mol. The van der Waals surface area contributed by atoms with E-state index >= 15 is 0 Å². The highest BCUT2D eigenvalue weighted by Gasteiger charge is 2.11. The van der Waals surface area contributed by atoms with Crippen molar-refractivity contribution in [1.29, 1.82) is 0 Å². The van der Waals surface area contributed by atoms with Crippen LogP contribution in [0.5, 0.6) is 0 Å². The molecule has 0 radical (unpaired) electrons. The van der Waals surface area contributed by atoms with Crippen LogP contribution in [0, 0.1) is 0 Å². The molecule has 9 heteroatoms. The predicted octanol–water partition coefficient (Wildman–Crippen LogP) is 0.522. The SMILES string of the molecule is COCCNC(=O)NC(=O)Cn1cnc2ccc(Cl)cc2c1=O. The Kier molecular flexibility index (Phi) is 5.67. The van der Waals surface area contributed by atoms with Gasteiger partial charge in [0.15, 0.2) is 0 Å². The van der Waals surface area contributed by atoms with E-state index in [2.05, 4.69) is 15.6 Å². The molecule has 2 aromatic rings. The van der Waals surface area contributed by atoms with Gasteiger partial charge in [-0.1, -0.05) is 11.6 Å². The fraction of sp³-hybridized carbons (Fsp3) is 0.286. The van der Waals surface area contributed by atoms with Crippen molar-refractivity contribution >= 4 is 34.4 Å². The molecule has 0 saturated carbocycles. The smallest absolute Gasteiger partial charge is 0.321 e. The zero-order valence-corrected chi connectivity index (χ0v) is 13.1. The van der Waals surface area contributed by atoms with Gasteiger partial charge in [-0.25, -0.2) is 9.78 Å². The third-order valence-electron chi connectivity index (χ3n) is 2.94. The van der Waals surface area contributed by atoms with Crippen LogP contribution >= 0.6 is 11.6 Å². The topological polar surface area (TPSA) is 102 Å². The van der Waals surface area contributed by atoms with Gasteiger partial charge in [0, 0.05) is 18.7 Å². The lowest BCUT2D eigenvalue weighted by Gasteiger charge is -2.08. The molecule has 0 aliphatic rings. The first-order chi connectivity index (χ1) is 11.0. The van der Waals surface area contributed by atoms with Gasteiger partial charge in [-0.15, -0.1) is 0 Å². The van der Waals surface area contributed by atoms with Crippen LogP contribution in [0.2, 0.25) is 5.02 Å². The second kappa shape index (κ2) is 7.70. The van der Waals surface area contributed by atoms with E-state index in [0.717, 1.165) is 4.57 Å². The maximum absolute atomic E-state index is 12.3. The normalized spacial score (nSPS) is 10.5. The summed E-state index contributed by atoms with van der Waals surface area (Å²) >= 11 is 5.86. The standard InChI is InChI=1S/C14H15ClN4O4/c1-23-5-4-16-14(22)18-12(20)7-19-8-17-11-3-2-9(15)6-10(11)13(19)21/h2-3,6,8H,4-5,7H2,1H3,(H2,16,18,20,22). The average molecular weight is 339 g/mol. The zero-order valence-electron chi connectivity index (χ0n) is 12.3. The van der Waals surface area contributed by atoms with E-state index in [1.165, 1.54) is 19.5 Å². The van der Waals surface area contributed by atoms with Crippen LogP contribution in [0.1, 0.15) is 0 Å². The van der Waals surface area contributed by atoms with Crippen LogP contribution in [-0.2, 0) is 16.1 Å². The summed E-state index contributed by atoms with van der Waals surface area (Å²) in [5, 5.41) is 5.25. The van der Waals surface area contributed by atoms with Crippen molar-refractivity contribution in [2.24, 2.45) is 0 Å². The van der Waals surface area contributed by atoms with Crippen LogP contribution in [0.15, 0.2) is 29.3 Å². The molecule has 0 bridgehead atoms. The molecule has 2 rings (SSSR count). The van der Waals surface area contributed by atoms with Gasteiger partial charge in [-0.2, -0.15) is 0 Å². The Hall–Kier alpha value is -2.45. The monoisotopic (exact) mass is 338 g/mol. The number of hydrogen-bond donors (Lipinski definition) is 2. The van der Waals surface area contributed by atoms with E-state index < -0.39 is 17.5 Å². The highest BCUT2D eigenvalue weighted by Crippen LogP contribution is 2.13. The molecule has 3 amide bonds. The van der Waals surface area contributed by atoms with E-state index in [0.29, 0.717) is 22.5 Å². The third kappa shape index (κ3) is 4.51. The van der Waals surface area contributed by atoms with Crippen molar-refractivity contribution in [2.45, 2.75) is 6.54 Å². The molecule has 0 atom stereocenters. The van der Waals surface area contributed by atoms with E-state index in [9.17, 15) is 14.4 Å². The Morgan fingerprint density at radius 1 is 1.39 bits per heavy atom. The molecule has 0 aliphatic carbocycles. The molecular formula is C14H15ClN4O4. The van der Waals surface area contributed by atoms with E-state index in [4.69, 9.17) is 16.3 Å². The second-order valence-electron chi connectivity index (χ2n) is 4.64. The van der Waals surface area contributed by atoms with Crippen molar-refractivity contribution < 1.29 is 14.3 Å². The minimum absolute atomic E-state index is 0.269. The molecule has 0 aliphatic heterocycles. The first kappa shape index (κ1) is 16.9. The Morgan fingerprint density at radius 2 is 2.17 bits per heavy atom. The molecule has 122 valence electrons.